The van der Waals surface area contributed by atoms with Crippen LogP contribution < -0.4 is 15.8 Å². The van der Waals surface area contributed by atoms with Crippen LogP contribution in [-0.2, 0) is 0 Å². The molecule has 0 saturated heterocycles. The molecule has 126 valence electrons. The molecule has 24 heavy (non-hydrogen) atoms. The van der Waals surface area contributed by atoms with Crippen molar-refractivity contribution in [1.82, 2.24) is 10.3 Å². The van der Waals surface area contributed by atoms with Gasteiger partial charge in [-0.1, -0.05) is 12.1 Å². The molecule has 1 heterocycles. The zero-order chi connectivity index (χ0) is 17.2. The molecule has 1 aromatic carbocycles. The number of carbonyl (C=O) groups excluding carboxylic acids is 1. The number of benzene rings is 1. The first-order valence-corrected chi connectivity index (χ1v) is 8.18. The third kappa shape index (κ3) is 3.41. The number of carbonyl (C=O) groups is 1. The Balaban J connectivity index is 1.80. The van der Waals surface area contributed by atoms with Crippen molar-refractivity contribution >= 4 is 5.91 Å². The molecule has 1 amide bonds. The maximum atomic E-state index is 12.6. The van der Waals surface area contributed by atoms with Crippen LogP contribution in [0.1, 0.15) is 30.1 Å². The summed E-state index contributed by atoms with van der Waals surface area (Å²) in [6.45, 7) is 2.46. The van der Waals surface area contributed by atoms with Gasteiger partial charge in [0.25, 0.3) is 5.91 Å². The van der Waals surface area contributed by atoms with Crippen molar-refractivity contribution < 1.29 is 9.53 Å². The average Bonchev–Trinajstić information content (AvgIpc) is 3.47. The van der Waals surface area contributed by atoms with Crippen molar-refractivity contribution in [3.05, 3.63) is 48.3 Å². The van der Waals surface area contributed by atoms with Crippen molar-refractivity contribution in [3.63, 3.8) is 0 Å². The molecular formula is C19H23N3O2. The Kier molecular flexibility index (Phi) is 4.53. The van der Waals surface area contributed by atoms with E-state index in [0.29, 0.717) is 18.0 Å². The Morgan fingerprint density at radius 2 is 2.00 bits per heavy atom. The summed E-state index contributed by atoms with van der Waals surface area (Å²) in [6, 6.07) is 9.53. The Hall–Kier alpha value is -2.40. The van der Waals surface area contributed by atoms with Crippen LogP contribution in [0.4, 0.5) is 0 Å². The van der Waals surface area contributed by atoms with Gasteiger partial charge < -0.3 is 15.8 Å². The van der Waals surface area contributed by atoms with Crippen molar-refractivity contribution in [2.45, 2.75) is 25.3 Å². The van der Waals surface area contributed by atoms with Crippen molar-refractivity contribution in [3.8, 4) is 16.9 Å². The second-order valence-electron chi connectivity index (χ2n) is 6.54. The summed E-state index contributed by atoms with van der Waals surface area (Å²) in [5, 5.41) is 3.09. The first-order chi connectivity index (χ1) is 11.6. The minimum Gasteiger partial charge on any atom is -0.497 e. The number of nitrogens with zero attached hydrogens (tertiary/aromatic N) is 1. The summed E-state index contributed by atoms with van der Waals surface area (Å²) in [5.74, 6) is 1.14. The molecule has 5 heteroatoms. The lowest BCUT2D eigenvalue weighted by molar-refractivity contribution is 0.0897. The number of amides is 1. The van der Waals surface area contributed by atoms with Crippen LogP contribution in [0.5, 0.6) is 5.75 Å². The summed E-state index contributed by atoms with van der Waals surface area (Å²) < 4.78 is 5.17. The van der Waals surface area contributed by atoms with Crippen LogP contribution in [0.25, 0.3) is 11.1 Å². The van der Waals surface area contributed by atoms with Gasteiger partial charge >= 0.3 is 0 Å². The molecule has 0 radical (unpaired) electrons. The molecule has 2 aromatic rings. The topological polar surface area (TPSA) is 77.2 Å². The maximum Gasteiger partial charge on any atom is 0.253 e. The Bertz CT molecular complexity index is 726. The predicted molar refractivity (Wildman–Crippen MR) is 93.9 cm³/mol. The summed E-state index contributed by atoms with van der Waals surface area (Å²) >= 11 is 0. The van der Waals surface area contributed by atoms with Gasteiger partial charge in [-0.05, 0) is 49.4 Å². The van der Waals surface area contributed by atoms with Gasteiger partial charge in [-0.15, -0.1) is 0 Å². The molecule has 3 rings (SSSR count). The summed E-state index contributed by atoms with van der Waals surface area (Å²) in [7, 11) is 1.63. The number of aromatic nitrogens is 1. The molecule has 1 aliphatic carbocycles. The number of hydrogen-bond acceptors (Lipinski definition) is 4. The van der Waals surface area contributed by atoms with E-state index >= 15 is 0 Å². The lowest BCUT2D eigenvalue weighted by atomic mass is 9.95. The van der Waals surface area contributed by atoms with E-state index in [1.54, 1.807) is 19.5 Å². The standard InChI is InChI=1S/C19H23N3O2/c1-19(12-20,16-5-6-16)22-18(23)15-9-14(10-21-11-15)13-3-7-17(24-2)8-4-13/h3-4,7-11,16H,5-6,12,20H2,1-2H3,(H,22,23). The first-order valence-electron chi connectivity index (χ1n) is 8.18. The molecule has 0 bridgehead atoms. The molecular weight excluding hydrogens is 302 g/mol. The Morgan fingerprint density at radius 3 is 2.58 bits per heavy atom. The van der Waals surface area contributed by atoms with Crippen molar-refractivity contribution in [1.29, 1.82) is 0 Å². The highest BCUT2D eigenvalue weighted by molar-refractivity contribution is 5.95. The third-order valence-electron chi connectivity index (χ3n) is 4.73. The number of nitrogens with one attached hydrogen (secondary N) is 1. The van der Waals surface area contributed by atoms with E-state index in [0.717, 1.165) is 29.7 Å². The van der Waals surface area contributed by atoms with E-state index in [1.807, 2.05) is 37.3 Å². The number of nitrogens with two attached hydrogens (primary N) is 1. The van der Waals surface area contributed by atoms with E-state index in [1.165, 1.54) is 0 Å². The fraction of sp³-hybridized carbons (Fsp3) is 0.368. The van der Waals surface area contributed by atoms with Crippen molar-refractivity contribution in [2.75, 3.05) is 13.7 Å². The van der Waals surface area contributed by atoms with Crippen molar-refractivity contribution in [2.24, 2.45) is 11.7 Å². The molecule has 1 saturated carbocycles. The molecule has 1 aromatic heterocycles. The molecule has 1 atom stereocenters. The summed E-state index contributed by atoms with van der Waals surface area (Å²) in [4.78, 5) is 16.8. The van der Waals surface area contributed by atoms with Gasteiger partial charge in [0.15, 0.2) is 0 Å². The zero-order valence-electron chi connectivity index (χ0n) is 14.1. The van der Waals surface area contributed by atoms with E-state index in [-0.39, 0.29) is 11.4 Å². The second-order valence-corrected chi connectivity index (χ2v) is 6.54. The SMILES string of the molecule is COc1ccc(-c2cncc(C(=O)NC(C)(CN)C3CC3)c2)cc1. The number of pyridine rings is 1. The Morgan fingerprint density at radius 1 is 1.29 bits per heavy atom. The first kappa shape index (κ1) is 16.5. The predicted octanol–water partition coefficient (Wildman–Crippen LogP) is 2.61. The number of ether oxygens (including phenoxy) is 1. The third-order valence-corrected chi connectivity index (χ3v) is 4.73. The van der Waals surface area contributed by atoms with E-state index < -0.39 is 0 Å². The fourth-order valence-corrected chi connectivity index (χ4v) is 2.88. The van der Waals surface area contributed by atoms with Crippen LogP contribution in [-0.4, -0.2) is 30.1 Å². The van der Waals surface area contributed by atoms with Crippen LogP contribution in [0.15, 0.2) is 42.7 Å². The van der Waals surface area contributed by atoms with Gasteiger partial charge in [-0.25, -0.2) is 0 Å². The molecule has 1 aliphatic rings. The molecule has 1 fully saturated rings. The number of hydrogen-bond donors (Lipinski definition) is 2. The zero-order valence-corrected chi connectivity index (χ0v) is 14.1. The highest BCUT2D eigenvalue weighted by atomic mass is 16.5. The van der Waals surface area contributed by atoms with Crippen LogP contribution in [0, 0.1) is 5.92 Å². The smallest absolute Gasteiger partial charge is 0.253 e. The molecule has 3 N–H and O–H groups in total. The largest absolute Gasteiger partial charge is 0.497 e. The minimum absolute atomic E-state index is 0.127. The molecule has 1 unspecified atom stereocenters. The summed E-state index contributed by atoms with van der Waals surface area (Å²) in [6.07, 6.45) is 5.59. The number of methoxy groups -OCH3 is 1. The van der Waals surface area contributed by atoms with Gasteiger partial charge in [-0.2, -0.15) is 0 Å². The van der Waals surface area contributed by atoms with E-state index in [9.17, 15) is 4.79 Å². The van der Waals surface area contributed by atoms with Gasteiger partial charge in [0.05, 0.1) is 18.2 Å². The van der Waals surface area contributed by atoms with Gasteiger partial charge in [0, 0.05) is 24.5 Å². The van der Waals surface area contributed by atoms with Crippen LogP contribution in [0.2, 0.25) is 0 Å². The van der Waals surface area contributed by atoms with Gasteiger partial charge in [-0.3, -0.25) is 9.78 Å². The van der Waals surface area contributed by atoms with Gasteiger partial charge in [0.1, 0.15) is 5.75 Å². The fourth-order valence-electron chi connectivity index (χ4n) is 2.88. The monoisotopic (exact) mass is 325 g/mol. The average molecular weight is 325 g/mol. The lowest BCUT2D eigenvalue weighted by Gasteiger charge is -2.29. The summed E-state index contributed by atoms with van der Waals surface area (Å²) in [5.41, 5.74) is 7.97. The highest BCUT2D eigenvalue weighted by Crippen LogP contribution is 2.39. The Labute approximate surface area is 142 Å². The van der Waals surface area contributed by atoms with Crippen LogP contribution in [0.3, 0.4) is 0 Å². The normalized spacial score (nSPS) is 16.3. The molecule has 0 aliphatic heterocycles. The number of rotatable bonds is 6. The van der Waals surface area contributed by atoms with E-state index in [4.69, 9.17) is 10.5 Å². The van der Waals surface area contributed by atoms with Gasteiger partial charge in [0.2, 0.25) is 0 Å². The quantitative estimate of drug-likeness (QED) is 0.856. The minimum atomic E-state index is -0.340. The van der Waals surface area contributed by atoms with Crippen LogP contribution >= 0.6 is 0 Å². The van der Waals surface area contributed by atoms with E-state index in [2.05, 4.69) is 10.3 Å². The lowest BCUT2D eigenvalue weighted by Crippen LogP contribution is -2.53. The maximum absolute atomic E-state index is 12.6. The second kappa shape index (κ2) is 6.61. The molecule has 5 nitrogen and oxygen atoms in total. The molecule has 0 spiro atoms. The highest BCUT2D eigenvalue weighted by Gasteiger charge is 2.41.